The second-order valence-corrected chi connectivity index (χ2v) is 12.0. The van der Waals surface area contributed by atoms with Crippen LogP contribution in [-0.4, -0.2) is 38.5 Å². The molecular formula is C17H28N2OSi. The summed E-state index contributed by atoms with van der Waals surface area (Å²) in [5, 5.41) is 4.87. The van der Waals surface area contributed by atoms with E-state index >= 15 is 0 Å². The molecule has 1 aliphatic heterocycles. The summed E-state index contributed by atoms with van der Waals surface area (Å²) in [5.41, 5.74) is 1.30. The van der Waals surface area contributed by atoms with Crippen LogP contribution in [-0.2, 0) is 11.3 Å². The van der Waals surface area contributed by atoms with Crippen LogP contribution in [0.25, 0.3) is 0 Å². The molecule has 4 heteroatoms. The van der Waals surface area contributed by atoms with E-state index in [0.717, 1.165) is 26.2 Å². The number of hydrogen-bond acceptors (Lipinski definition) is 2. The molecule has 0 bridgehead atoms. The van der Waals surface area contributed by atoms with Gasteiger partial charge in [-0.3, -0.25) is 4.79 Å². The molecule has 0 aliphatic carbocycles. The third kappa shape index (κ3) is 4.97. The van der Waals surface area contributed by atoms with Gasteiger partial charge in [-0.05, 0) is 18.4 Å². The van der Waals surface area contributed by atoms with Gasteiger partial charge < -0.3 is 10.2 Å². The Hall–Kier alpha value is -1.13. The monoisotopic (exact) mass is 304 g/mol. The lowest BCUT2D eigenvalue weighted by Gasteiger charge is -2.17. The first-order valence-electron chi connectivity index (χ1n) is 8.05. The number of hydrogen-bond donors (Lipinski definition) is 1. The van der Waals surface area contributed by atoms with Gasteiger partial charge >= 0.3 is 0 Å². The van der Waals surface area contributed by atoms with E-state index < -0.39 is 8.07 Å². The van der Waals surface area contributed by atoms with E-state index in [0.29, 0.717) is 12.3 Å². The highest BCUT2D eigenvalue weighted by atomic mass is 28.3. The first-order valence-corrected chi connectivity index (χ1v) is 11.5. The van der Waals surface area contributed by atoms with Gasteiger partial charge in [-0.1, -0.05) is 49.1 Å². The van der Waals surface area contributed by atoms with Gasteiger partial charge in [-0.25, -0.2) is 0 Å². The summed E-state index contributed by atoms with van der Waals surface area (Å²) in [7, 11) is -1.20. The van der Waals surface area contributed by atoms with Crippen LogP contribution in [0, 0.1) is 0 Å². The molecule has 0 spiro atoms. The third-order valence-electron chi connectivity index (χ3n) is 4.12. The summed E-state index contributed by atoms with van der Waals surface area (Å²) in [6, 6.07) is 8.95. The lowest BCUT2D eigenvalue weighted by Crippen LogP contribution is -2.37. The molecule has 1 saturated heterocycles. The molecule has 1 aromatic rings. The Morgan fingerprint density at radius 3 is 2.33 bits per heavy atom. The lowest BCUT2D eigenvalue weighted by atomic mass is 10.2. The highest BCUT2D eigenvalue weighted by molar-refractivity contribution is 6.88. The van der Waals surface area contributed by atoms with Gasteiger partial charge in [-0.15, -0.1) is 0 Å². The van der Waals surface area contributed by atoms with E-state index in [-0.39, 0.29) is 0 Å². The SMILES string of the molecule is C[Si](C)(C)c1ccc(CNCCC(=O)N2CCCC2)cc1. The minimum atomic E-state index is -1.20. The fourth-order valence-corrected chi connectivity index (χ4v) is 3.84. The molecule has 0 radical (unpaired) electrons. The van der Waals surface area contributed by atoms with Crippen LogP contribution in [0.3, 0.4) is 0 Å². The topological polar surface area (TPSA) is 32.3 Å². The molecule has 116 valence electrons. The maximum Gasteiger partial charge on any atom is 0.223 e. The molecule has 1 aromatic carbocycles. The second kappa shape index (κ2) is 7.23. The van der Waals surface area contributed by atoms with E-state index in [9.17, 15) is 4.79 Å². The zero-order chi connectivity index (χ0) is 15.3. The highest BCUT2D eigenvalue weighted by Crippen LogP contribution is 2.08. The van der Waals surface area contributed by atoms with Crippen molar-refractivity contribution in [2.45, 2.75) is 45.4 Å². The minimum Gasteiger partial charge on any atom is -0.343 e. The van der Waals surface area contributed by atoms with Crippen molar-refractivity contribution >= 4 is 19.2 Å². The standard InChI is InChI=1S/C17H28N2OSi/c1-21(2,3)16-8-6-15(7-9-16)14-18-11-10-17(20)19-12-4-5-13-19/h6-9,18H,4-5,10-14H2,1-3H3. The molecule has 1 heterocycles. The predicted octanol–water partition coefficient (Wildman–Crippen LogP) is 2.33. The minimum absolute atomic E-state index is 0.300. The zero-order valence-corrected chi connectivity index (χ0v) is 14.6. The largest absolute Gasteiger partial charge is 0.343 e. The lowest BCUT2D eigenvalue weighted by molar-refractivity contribution is -0.130. The van der Waals surface area contributed by atoms with E-state index in [2.05, 4.69) is 49.2 Å². The van der Waals surface area contributed by atoms with Gasteiger partial charge in [0, 0.05) is 32.6 Å². The molecular weight excluding hydrogens is 276 g/mol. The summed E-state index contributed by atoms with van der Waals surface area (Å²) in [6.07, 6.45) is 2.96. The summed E-state index contributed by atoms with van der Waals surface area (Å²) < 4.78 is 0. The van der Waals surface area contributed by atoms with Crippen molar-refractivity contribution < 1.29 is 4.79 Å². The van der Waals surface area contributed by atoms with Crippen LogP contribution in [0.2, 0.25) is 19.6 Å². The molecule has 0 saturated carbocycles. The number of nitrogens with zero attached hydrogens (tertiary/aromatic N) is 1. The maximum absolute atomic E-state index is 11.9. The molecule has 21 heavy (non-hydrogen) atoms. The quantitative estimate of drug-likeness (QED) is 0.646. The van der Waals surface area contributed by atoms with Crippen LogP contribution in [0.4, 0.5) is 0 Å². The van der Waals surface area contributed by atoms with Gasteiger partial charge in [0.15, 0.2) is 0 Å². The Kier molecular flexibility index (Phi) is 5.59. The fourth-order valence-electron chi connectivity index (χ4n) is 2.68. The summed E-state index contributed by atoms with van der Waals surface area (Å²) in [6.45, 7) is 10.6. The van der Waals surface area contributed by atoms with Gasteiger partial charge in [-0.2, -0.15) is 0 Å². The van der Waals surface area contributed by atoms with Gasteiger partial charge in [0.1, 0.15) is 0 Å². The molecule has 1 amide bonds. The number of carbonyl (C=O) groups is 1. The third-order valence-corrected chi connectivity index (χ3v) is 6.19. The second-order valence-electron chi connectivity index (χ2n) is 6.96. The van der Waals surface area contributed by atoms with Crippen molar-refractivity contribution in [2.24, 2.45) is 0 Å². The average Bonchev–Trinajstić information content (AvgIpc) is 2.97. The number of benzene rings is 1. The van der Waals surface area contributed by atoms with Crippen LogP contribution in [0.15, 0.2) is 24.3 Å². The summed E-state index contributed by atoms with van der Waals surface area (Å²) in [5.74, 6) is 0.300. The molecule has 1 N–H and O–H groups in total. The molecule has 0 atom stereocenters. The van der Waals surface area contributed by atoms with Gasteiger partial charge in [0.2, 0.25) is 5.91 Å². The number of rotatable bonds is 6. The van der Waals surface area contributed by atoms with Crippen molar-refractivity contribution in [1.82, 2.24) is 10.2 Å². The smallest absolute Gasteiger partial charge is 0.223 e. The number of nitrogens with one attached hydrogen (secondary N) is 1. The van der Waals surface area contributed by atoms with E-state index in [1.54, 1.807) is 0 Å². The predicted molar refractivity (Wildman–Crippen MR) is 91.6 cm³/mol. The number of likely N-dealkylation sites (tertiary alicyclic amines) is 1. The molecule has 1 aliphatic rings. The first-order chi connectivity index (χ1) is 9.97. The number of amides is 1. The molecule has 2 rings (SSSR count). The normalized spacial score (nSPS) is 15.5. The zero-order valence-electron chi connectivity index (χ0n) is 13.6. The molecule has 0 unspecified atom stereocenters. The maximum atomic E-state index is 11.9. The Morgan fingerprint density at radius 1 is 1.14 bits per heavy atom. The average molecular weight is 305 g/mol. The first kappa shape index (κ1) is 16.2. The summed E-state index contributed by atoms with van der Waals surface area (Å²) in [4.78, 5) is 13.9. The van der Waals surface area contributed by atoms with Crippen molar-refractivity contribution in [3.05, 3.63) is 29.8 Å². The van der Waals surface area contributed by atoms with Crippen LogP contribution < -0.4 is 10.5 Å². The molecule has 3 nitrogen and oxygen atoms in total. The van der Waals surface area contributed by atoms with Crippen molar-refractivity contribution in [3.8, 4) is 0 Å². The van der Waals surface area contributed by atoms with E-state index in [1.807, 2.05) is 4.90 Å². The Balaban J connectivity index is 1.70. The highest BCUT2D eigenvalue weighted by Gasteiger charge is 2.17. The van der Waals surface area contributed by atoms with E-state index in [4.69, 9.17) is 0 Å². The van der Waals surface area contributed by atoms with Crippen molar-refractivity contribution in [1.29, 1.82) is 0 Å². The van der Waals surface area contributed by atoms with Gasteiger partial charge in [0.05, 0.1) is 8.07 Å². The Labute approximate surface area is 129 Å². The van der Waals surface area contributed by atoms with E-state index in [1.165, 1.54) is 23.6 Å². The van der Waals surface area contributed by atoms with Crippen LogP contribution >= 0.6 is 0 Å². The van der Waals surface area contributed by atoms with Crippen LogP contribution in [0.5, 0.6) is 0 Å². The molecule has 0 aromatic heterocycles. The van der Waals surface area contributed by atoms with Crippen LogP contribution in [0.1, 0.15) is 24.8 Å². The Morgan fingerprint density at radius 2 is 1.76 bits per heavy atom. The number of carbonyl (C=O) groups excluding carboxylic acids is 1. The van der Waals surface area contributed by atoms with Crippen molar-refractivity contribution in [3.63, 3.8) is 0 Å². The Bertz CT molecular complexity index is 459. The summed E-state index contributed by atoms with van der Waals surface area (Å²) >= 11 is 0. The van der Waals surface area contributed by atoms with Crippen molar-refractivity contribution in [2.75, 3.05) is 19.6 Å². The molecule has 1 fully saturated rings. The fraction of sp³-hybridized carbons (Fsp3) is 0.588. The van der Waals surface area contributed by atoms with Gasteiger partial charge in [0.25, 0.3) is 0 Å².